The zero-order chi connectivity index (χ0) is 20.5. The summed E-state index contributed by atoms with van der Waals surface area (Å²) >= 11 is 12.2. The quantitative estimate of drug-likeness (QED) is 0.635. The lowest BCUT2D eigenvalue weighted by Crippen LogP contribution is -2.34. The zero-order valence-electron chi connectivity index (χ0n) is 16.1. The van der Waals surface area contributed by atoms with E-state index >= 15 is 0 Å². The van der Waals surface area contributed by atoms with Crippen molar-refractivity contribution in [3.8, 4) is 0 Å². The lowest BCUT2D eigenvalue weighted by Gasteiger charge is -2.18. The molecule has 2 N–H and O–H groups in total. The van der Waals surface area contributed by atoms with E-state index in [1.165, 1.54) is 0 Å². The first kappa shape index (κ1) is 22.2. The maximum Gasteiger partial charge on any atom is 0.251 e. The SMILES string of the molecule is CCN(CC)CCNC(=O)c1ccc(NC(=O)Cc2c(Cl)cccc2Cl)cc1. The minimum absolute atomic E-state index is 0.0755. The molecule has 2 aromatic carbocycles. The first-order valence-electron chi connectivity index (χ1n) is 9.28. The summed E-state index contributed by atoms with van der Waals surface area (Å²) < 4.78 is 0. The third kappa shape index (κ3) is 6.51. The number of rotatable bonds is 9. The summed E-state index contributed by atoms with van der Waals surface area (Å²) in [5.41, 5.74) is 1.74. The summed E-state index contributed by atoms with van der Waals surface area (Å²) in [6.07, 6.45) is 0.0755. The number of amides is 2. The molecule has 150 valence electrons. The van der Waals surface area contributed by atoms with Crippen LogP contribution in [0.3, 0.4) is 0 Å². The summed E-state index contributed by atoms with van der Waals surface area (Å²) in [4.78, 5) is 26.7. The summed E-state index contributed by atoms with van der Waals surface area (Å²) in [7, 11) is 0. The second-order valence-corrected chi connectivity index (χ2v) is 7.10. The van der Waals surface area contributed by atoms with Gasteiger partial charge in [0.15, 0.2) is 0 Å². The minimum atomic E-state index is -0.230. The Labute approximate surface area is 176 Å². The molecule has 0 radical (unpaired) electrons. The van der Waals surface area contributed by atoms with Gasteiger partial charge in [0.2, 0.25) is 5.91 Å². The molecule has 2 aromatic rings. The van der Waals surface area contributed by atoms with Crippen molar-refractivity contribution in [2.24, 2.45) is 0 Å². The highest BCUT2D eigenvalue weighted by molar-refractivity contribution is 6.36. The highest BCUT2D eigenvalue weighted by Crippen LogP contribution is 2.25. The Bertz CT molecular complexity index is 786. The second kappa shape index (κ2) is 11.1. The molecule has 0 saturated heterocycles. The molecule has 2 amide bonds. The van der Waals surface area contributed by atoms with Crippen LogP contribution in [0.1, 0.15) is 29.8 Å². The number of hydrogen-bond acceptors (Lipinski definition) is 3. The summed E-state index contributed by atoms with van der Waals surface area (Å²) in [6, 6.07) is 11.9. The van der Waals surface area contributed by atoms with Gasteiger partial charge in [0, 0.05) is 34.4 Å². The first-order valence-corrected chi connectivity index (χ1v) is 10.0. The Hall–Kier alpha value is -2.08. The Kier molecular flexibility index (Phi) is 8.77. The molecule has 2 rings (SSSR count). The van der Waals surface area contributed by atoms with Gasteiger partial charge in [-0.2, -0.15) is 0 Å². The molecule has 0 aliphatic heterocycles. The Morgan fingerprint density at radius 3 is 2.14 bits per heavy atom. The molecule has 0 aromatic heterocycles. The molecule has 0 saturated carbocycles. The van der Waals surface area contributed by atoms with E-state index in [0.29, 0.717) is 33.4 Å². The fourth-order valence-corrected chi connectivity index (χ4v) is 3.27. The molecule has 28 heavy (non-hydrogen) atoms. The van der Waals surface area contributed by atoms with Crippen LogP contribution in [0.5, 0.6) is 0 Å². The average Bonchev–Trinajstić information content (AvgIpc) is 2.68. The highest BCUT2D eigenvalue weighted by atomic mass is 35.5. The normalized spacial score (nSPS) is 10.8. The van der Waals surface area contributed by atoms with Crippen LogP contribution in [0.15, 0.2) is 42.5 Å². The summed E-state index contributed by atoms with van der Waals surface area (Å²) in [5.74, 6) is -0.362. The van der Waals surface area contributed by atoms with Gasteiger partial charge in [-0.15, -0.1) is 0 Å². The molecule has 0 fully saturated rings. The van der Waals surface area contributed by atoms with E-state index in [1.807, 2.05) is 0 Å². The van der Waals surface area contributed by atoms with Crippen molar-refractivity contribution in [1.29, 1.82) is 0 Å². The predicted molar refractivity (Wildman–Crippen MR) is 115 cm³/mol. The fraction of sp³-hybridized carbons (Fsp3) is 0.333. The fourth-order valence-electron chi connectivity index (χ4n) is 2.74. The van der Waals surface area contributed by atoms with Crippen molar-refractivity contribution in [2.45, 2.75) is 20.3 Å². The topological polar surface area (TPSA) is 61.4 Å². The number of nitrogens with one attached hydrogen (secondary N) is 2. The van der Waals surface area contributed by atoms with Gasteiger partial charge in [-0.25, -0.2) is 0 Å². The molecule has 0 heterocycles. The predicted octanol–water partition coefficient (Wildman–Crippen LogP) is 4.25. The van der Waals surface area contributed by atoms with Gasteiger partial charge >= 0.3 is 0 Å². The standard InChI is InChI=1S/C21H25Cl2N3O2/c1-3-26(4-2)13-12-24-21(28)15-8-10-16(11-9-15)25-20(27)14-17-18(22)6-5-7-19(17)23/h5-11H,3-4,12-14H2,1-2H3,(H,24,28)(H,25,27). The van der Waals surface area contributed by atoms with Crippen LogP contribution >= 0.6 is 23.2 Å². The van der Waals surface area contributed by atoms with Crippen molar-refractivity contribution in [3.63, 3.8) is 0 Å². The zero-order valence-corrected chi connectivity index (χ0v) is 17.6. The number of carbonyl (C=O) groups excluding carboxylic acids is 2. The minimum Gasteiger partial charge on any atom is -0.351 e. The van der Waals surface area contributed by atoms with Crippen molar-refractivity contribution in [2.75, 3.05) is 31.5 Å². The number of anilines is 1. The largest absolute Gasteiger partial charge is 0.351 e. The van der Waals surface area contributed by atoms with Crippen molar-refractivity contribution in [3.05, 3.63) is 63.6 Å². The third-order valence-electron chi connectivity index (χ3n) is 4.44. The van der Waals surface area contributed by atoms with Crippen molar-refractivity contribution in [1.82, 2.24) is 10.2 Å². The van der Waals surface area contributed by atoms with Crippen LogP contribution in [-0.4, -0.2) is 42.9 Å². The molecular formula is C21H25Cl2N3O2. The van der Waals surface area contributed by atoms with E-state index in [4.69, 9.17) is 23.2 Å². The maximum atomic E-state index is 12.3. The van der Waals surface area contributed by atoms with E-state index < -0.39 is 0 Å². The van der Waals surface area contributed by atoms with Gasteiger partial charge in [-0.3, -0.25) is 9.59 Å². The Balaban J connectivity index is 1.88. The lowest BCUT2D eigenvalue weighted by molar-refractivity contribution is -0.115. The first-order chi connectivity index (χ1) is 13.4. The molecule has 0 spiro atoms. The monoisotopic (exact) mass is 421 g/mol. The number of halogens is 2. The Morgan fingerprint density at radius 1 is 0.964 bits per heavy atom. The summed E-state index contributed by atoms with van der Waals surface area (Å²) in [5, 5.41) is 6.61. The van der Waals surface area contributed by atoms with Gasteiger partial charge in [0.1, 0.15) is 0 Å². The smallest absolute Gasteiger partial charge is 0.251 e. The van der Waals surface area contributed by atoms with Crippen LogP contribution in [0.25, 0.3) is 0 Å². The number of benzene rings is 2. The van der Waals surface area contributed by atoms with Gasteiger partial charge < -0.3 is 15.5 Å². The lowest BCUT2D eigenvalue weighted by atomic mass is 10.1. The Morgan fingerprint density at radius 2 is 1.57 bits per heavy atom. The molecule has 0 bridgehead atoms. The van der Waals surface area contributed by atoms with Gasteiger partial charge in [0.05, 0.1) is 6.42 Å². The van der Waals surface area contributed by atoms with Crippen LogP contribution < -0.4 is 10.6 Å². The molecule has 5 nitrogen and oxygen atoms in total. The second-order valence-electron chi connectivity index (χ2n) is 6.29. The number of carbonyl (C=O) groups is 2. The van der Waals surface area contributed by atoms with Crippen molar-refractivity contribution < 1.29 is 9.59 Å². The average molecular weight is 422 g/mol. The van der Waals surface area contributed by atoms with Gasteiger partial charge in [-0.1, -0.05) is 43.1 Å². The number of hydrogen-bond donors (Lipinski definition) is 2. The van der Waals surface area contributed by atoms with Gasteiger partial charge in [-0.05, 0) is 55.1 Å². The maximum absolute atomic E-state index is 12.3. The van der Waals surface area contributed by atoms with Crippen LogP contribution in [0, 0.1) is 0 Å². The molecule has 7 heteroatoms. The molecule has 0 atom stereocenters. The van der Waals surface area contributed by atoms with Crippen LogP contribution in [0.4, 0.5) is 5.69 Å². The van der Waals surface area contributed by atoms with E-state index in [1.54, 1.807) is 42.5 Å². The number of nitrogens with zero attached hydrogens (tertiary/aromatic N) is 1. The van der Waals surface area contributed by atoms with Crippen molar-refractivity contribution >= 4 is 40.7 Å². The molecular weight excluding hydrogens is 397 g/mol. The summed E-state index contributed by atoms with van der Waals surface area (Å²) in [6.45, 7) is 7.52. The molecule has 0 unspecified atom stereocenters. The van der Waals surface area contributed by atoms with E-state index in [9.17, 15) is 9.59 Å². The van der Waals surface area contributed by atoms with Crippen LogP contribution in [0.2, 0.25) is 10.0 Å². The van der Waals surface area contributed by atoms with Crippen LogP contribution in [-0.2, 0) is 11.2 Å². The van der Waals surface area contributed by atoms with E-state index in [0.717, 1.165) is 19.6 Å². The molecule has 0 aliphatic carbocycles. The number of likely N-dealkylation sites (N-methyl/N-ethyl adjacent to an activating group) is 1. The van der Waals surface area contributed by atoms with Gasteiger partial charge in [0.25, 0.3) is 5.91 Å². The van der Waals surface area contributed by atoms with E-state index in [-0.39, 0.29) is 18.2 Å². The molecule has 0 aliphatic rings. The van der Waals surface area contributed by atoms with E-state index in [2.05, 4.69) is 29.4 Å². The third-order valence-corrected chi connectivity index (χ3v) is 5.15. The highest BCUT2D eigenvalue weighted by Gasteiger charge is 2.12.